The van der Waals surface area contributed by atoms with E-state index >= 15 is 0 Å². The van der Waals surface area contributed by atoms with Gasteiger partial charge in [-0.1, -0.05) is 6.92 Å². The number of methoxy groups -OCH3 is 1. The Morgan fingerprint density at radius 1 is 1.56 bits per heavy atom. The Balaban J connectivity index is 2.50. The molecule has 1 aromatic rings. The molecule has 1 N–H and O–H groups in total. The lowest BCUT2D eigenvalue weighted by molar-refractivity contribution is -0.145. The van der Waals surface area contributed by atoms with Gasteiger partial charge in [0, 0.05) is 11.8 Å². The van der Waals surface area contributed by atoms with Crippen LogP contribution in [-0.4, -0.2) is 22.6 Å². The lowest BCUT2D eigenvalue weighted by Crippen LogP contribution is -2.37. The van der Waals surface area contributed by atoms with E-state index in [1.54, 1.807) is 0 Å². The van der Waals surface area contributed by atoms with E-state index in [-0.39, 0.29) is 5.92 Å². The van der Waals surface area contributed by atoms with Crippen molar-refractivity contribution in [1.82, 2.24) is 9.55 Å². The number of nitrogens with zero attached hydrogens (tertiary/aromatic N) is 1. The van der Waals surface area contributed by atoms with Crippen LogP contribution in [0.4, 0.5) is 0 Å². The van der Waals surface area contributed by atoms with Crippen molar-refractivity contribution in [2.45, 2.75) is 32.2 Å². The number of hydrogen-bond donors (Lipinski definition) is 1. The van der Waals surface area contributed by atoms with Gasteiger partial charge in [0.25, 0.3) is 5.56 Å². The van der Waals surface area contributed by atoms with E-state index in [1.807, 2.05) is 6.92 Å². The number of aromatic nitrogens is 2. The second-order valence-corrected chi connectivity index (χ2v) is 4.48. The maximum absolute atomic E-state index is 11.8. The molecular formula is C12H16N2O4. The molecule has 0 amide bonds. The zero-order valence-electron chi connectivity index (χ0n) is 10.4. The van der Waals surface area contributed by atoms with Gasteiger partial charge in [-0.25, -0.2) is 9.59 Å². The number of ether oxygens (including phenoxy) is 1. The Morgan fingerprint density at radius 2 is 2.22 bits per heavy atom. The molecule has 0 radical (unpaired) electrons. The number of nitrogens with one attached hydrogen (secondary N) is 1. The summed E-state index contributed by atoms with van der Waals surface area (Å²) >= 11 is 0. The molecule has 1 atom stereocenters. The zero-order chi connectivity index (χ0) is 13.3. The zero-order valence-corrected chi connectivity index (χ0v) is 10.4. The van der Waals surface area contributed by atoms with Crippen molar-refractivity contribution in [2.24, 2.45) is 5.92 Å². The molecule has 6 nitrogen and oxygen atoms in total. The predicted molar refractivity (Wildman–Crippen MR) is 64.5 cm³/mol. The minimum Gasteiger partial charge on any atom is -0.467 e. The van der Waals surface area contributed by atoms with E-state index < -0.39 is 23.3 Å². The van der Waals surface area contributed by atoms with Crippen LogP contribution in [0.15, 0.2) is 15.8 Å². The molecular weight excluding hydrogens is 236 g/mol. The van der Waals surface area contributed by atoms with Crippen molar-refractivity contribution >= 4 is 5.97 Å². The fourth-order valence-corrected chi connectivity index (χ4v) is 2.05. The molecule has 6 heteroatoms. The molecule has 18 heavy (non-hydrogen) atoms. The molecule has 0 spiro atoms. The Hall–Kier alpha value is -1.85. The number of hydrogen-bond acceptors (Lipinski definition) is 4. The van der Waals surface area contributed by atoms with Crippen LogP contribution in [-0.2, 0) is 16.0 Å². The van der Waals surface area contributed by atoms with Gasteiger partial charge in [0.15, 0.2) is 0 Å². The Bertz CT molecular complexity index is 568. The van der Waals surface area contributed by atoms with Crippen LogP contribution in [0.25, 0.3) is 0 Å². The van der Waals surface area contributed by atoms with Crippen LogP contribution < -0.4 is 11.2 Å². The Morgan fingerprint density at radius 3 is 2.72 bits per heavy atom. The molecule has 2 rings (SSSR count). The monoisotopic (exact) mass is 252 g/mol. The van der Waals surface area contributed by atoms with Gasteiger partial charge in [0.1, 0.15) is 6.04 Å². The first kappa shape index (κ1) is 12.6. The summed E-state index contributed by atoms with van der Waals surface area (Å²) in [6, 6.07) is -0.621. The molecule has 1 aliphatic rings. The van der Waals surface area contributed by atoms with E-state index in [1.165, 1.54) is 17.9 Å². The molecule has 1 saturated carbocycles. The SMILES string of the molecule is CCc1cn(C(C(=O)OC)C2CC2)c(=O)[nH]c1=O. The van der Waals surface area contributed by atoms with Gasteiger partial charge in [0.2, 0.25) is 0 Å². The van der Waals surface area contributed by atoms with Gasteiger partial charge < -0.3 is 4.74 Å². The molecule has 1 aromatic heterocycles. The molecule has 1 aliphatic carbocycles. The van der Waals surface area contributed by atoms with Crippen molar-refractivity contribution in [3.63, 3.8) is 0 Å². The minimum atomic E-state index is -0.621. The van der Waals surface area contributed by atoms with Gasteiger partial charge in [-0.15, -0.1) is 0 Å². The fraction of sp³-hybridized carbons (Fsp3) is 0.583. The topological polar surface area (TPSA) is 81.2 Å². The van der Waals surface area contributed by atoms with Crippen molar-refractivity contribution in [3.05, 3.63) is 32.6 Å². The van der Waals surface area contributed by atoms with E-state index in [0.29, 0.717) is 12.0 Å². The molecule has 0 aromatic carbocycles. The second kappa shape index (κ2) is 4.80. The highest BCUT2D eigenvalue weighted by molar-refractivity contribution is 5.74. The molecule has 1 unspecified atom stereocenters. The van der Waals surface area contributed by atoms with Crippen molar-refractivity contribution in [3.8, 4) is 0 Å². The average Bonchev–Trinajstić information content (AvgIpc) is 3.16. The van der Waals surface area contributed by atoms with Crippen LogP contribution in [0.5, 0.6) is 0 Å². The summed E-state index contributed by atoms with van der Waals surface area (Å²) in [7, 11) is 1.30. The minimum absolute atomic E-state index is 0.130. The Labute approximate surface area is 104 Å². The first-order valence-electron chi connectivity index (χ1n) is 6.00. The standard InChI is InChI=1S/C12H16N2O4/c1-3-7-6-14(12(17)13-10(7)15)9(8-4-5-8)11(16)18-2/h6,8-9H,3-5H2,1-2H3,(H,13,15,17). The van der Waals surface area contributed by atoms with Gasteiger partial charge in [-0.05, 0) is 25.2 Å². The first-order chi connectivity index (χ1) is 8.58. The summed E-state index contributed by atoms with van der Waals surface area (Å²) < 4.78 is 6.03. The largest absolute Gasteiger partial charge is 0.467 e. The fourth-order valence-electron chi connectivity index (χ4n) is 2.05. The van der Waals surface area contributed by atoms with Crippen LogP contribution in [0, 0.1) is 5.92 Å². The van der Waals surface area contributed by atoms with E-state index in [4.69, 9.17) is 4.74 Å². The van der Waals surface area contributed by atoms with Crippen LogP contribution in [0.3, 0.4) is 0 Å². The van der Waals surface area contributed by atoms with E-state index in [2.05, 4.69) is 4.98 Å². The van der Waals surface area contributed by atoms with Gasteiger partial charge >= 0.3 is 11.7 Å². The summed E-state index contributed by atoms with van der Waals surface area (Å²) in [5, 5.41) is 0. The van der Waals surface area contributed by atoms with E-state index in [9.17, 15) is 14.4 Å². The van der Waals surface area contributed by atoms with E-state index in [0.717, 1.165) is 12.8 Å². The van der Waals surface area contributed by atoms with Crippen molar-refractivity contribution in [1.29, 1.82) is 0 Å². The van der Waals surface area contributed by atoms with Crippen molar-refractivity contribution in [2.75, 3.05) is 7.11 Å². The second-order valence-electron chi connectivity index (χ2n) is 4.48. The first-order valence-corrected chi connectivity index (χ1v) is 6.00. The van der Waals surface area contributed by atoms with Crippen molar-refractivity contribution < 1.29 is 9.53 Å². The molecule has 0 saturated heterocycles. The highest BCUT2D eigenvalue weighted by atomic mass is 16.5. The smallest absolute Gasteiger partial charge is 0.329 e. The lowest BCUT2D eigenvalue weighted by Gasteiger charge is -2.17. The lowest BCUT2D eigenvalue weighted by atomic mass is 10.1. The normalized spacial score (nSPS) is 16.3. The Kier molecular flexibility index (Phi) is 3.36. The molecule has 1 heterocycles. The highest BCUT2D eigenvalue weighted by Gasteiger charge is 2.39. The molecule has 0 aliphatic heterocycles. The molecule has 0 bridgehead atoms. The number of carbonyl (C=O) groups excluding carboxylic acids is 1. The summed E-state index contributed by atoms with van der Waals surface area (Å²) in [6.07, 6.45) is 3.77. The van der Waals surface area contributed by atoms with Gasteiger partial charge in [0.05, 0.1) is 7.11 Å². The maximum atomic E-state index is 11.8. The van der Waals surface area contributed by atoms with Crippen LogP contribution >= 0.6 is 0 Å². The quantitative estimate of drug-likeness (QED) is 0.777. The number of carbonyl (C=O) groups is 1. The summed E-state index contributed by atoms with van der Waals surface area (Å²) in [5.41, 5.74) is -0.457. The number of esters is 1. The van der Waals surface area contributed by atoms with Crippen LogP contribution in [0.2, 0.25) is 0 Å². The van der Waals surface area contributed by atoms with Crippen LogP contribution in [0.1, 0.15) is 31.4 Å². The number of aromatic amines is 1. The number of rotatable bonds is 4. The predicted octanol–water partition coefficient (Wildman–Crippen LogP) is 0.223. The van der Waals surface area contributed by atoms with Gasteiger partial charge in [-0.2, -0.15) is 0 Å². The molecule has 98 valence electrons. The summed E-state index contributed by atoms with van der Waals surface area (Å²) in [4.78, 5) is 37.3. The maximum Gasteiger partial charge on any atom is 0.329 e. The summed E-state index contributed by atoms with van der Waals surface area (Å²) in [6.45, 7) is 1.82. The average molecular weight is 252 g/mol. The third kappa shape index (κ3) is 2.23. The third-order valence-corrected chi connectivity index (χ3v) is 3.23. The van der Waals surface area contributed by atoms with Gasteiger partial charge in [-0.3, -0.25) is 14.3 Å². The number of aryl methyl sites for hydroxylation is 1. The summed E-state index contributed by atoms with van der Waals surface area (Å²) in [5.74, 6) is -0.306. The highest BCUT2D eigenvalue weighted by Crippen LogP contribution is 2.39. The number of H-pyrrole nitrogens is 1. The molecule has 1 fully saturated rings. The third-order valence-electron chi connectivity index (χ3n) is 3.23.